The van der Waals surface area contributed by atoms with Crippen molar-refractivity contribution < 1.29 is 35.9 Å². The molecule has 0 radical (unpaired) electrons. The Labute approximate surface area is 220 Å². The van der Waals surface area contributed by atoms with Gasteiger partial charge in [-0.1, -0.05) is 29.8 Å². The maximum Gasteiger partial charge on any atom is 0.244 e. The van der Waals surface area contributed by atoms with Gasteiger partial charge in [-0.15, -0.1) is 0 Å². The van der Waals surface area contributed by atoms with Gasteiger partial charge in [0.05, 0.1) is 23.7 Å². The second-order valence-corrected chi connectivity index (χ2v) is 10.7. The fourth-order valence-corrected chi connectivity index (χ4v) is 4.85. The van der Waals surface area contributed by atoms with Crippen molar-refractivity contribution in [1.29, 1.82) is 0 Å². The Hall–Kier alpha value is -3.39. The number of rotatable bonds is 8. The predicted octanol–water partition coefficient (Wildman–Crippen LogP) is 4.02. The third-order valence-corrected chi connectivity index (χ3v) is 6.53. The van der Waals surface area contributed by atoms with Crippen molar-refractivity contribution in [1.82, 2.24) is 5.32 Å². The number of para-hydroxylation sites is 1. The number of benzene rings is 3. The highest BCUT2D eigenvalue weighted by molar-refractivity contribution is 7.92. The number of amides is 1. The van der Waals surface area contributed by atoms with Crippen LogP contribution in [0.15, 0.2) is 48.5 Å². The summed E-state index contributed by atoms with van der Waals surface area (Å²) in [6.45, 7) is -0.0468. The number of nitrogens with one attached hydrogen (secondary N) is 3. The summed E-state index contributed by atoms with van der Waals surface area (Å²) < 4.78 is 83.8. The van der Waals surface area contributed by atoms with Crippen LogP contribution in [0.3, 0.4) is 0 Å². The summed E-state index contributed by atoms with van der Waals surface area (Å²) in [5, 5.41) is 14.6. The first-order valence-corrected chi connectivity index (χ1v) is 13.3. The smallest absolute Gasteiger partial charge is 0.244 e. The van der Waals surface area contributed by atoms with Gasteiger partial charge in [0.1, 0.15) is 5.69 Å². The molecule has 0 aromatic heterocycles. The normalized spacial score (nSPS) is 16.6. The molecule has 1 aliphatic rings. The summed E-state index contributed by atoms with van der Waals surface area (Å²) in [6, 6.07) is 8.82. The van der Waals surface area contributed by atoms with Crippen LogP contribution in [0, 0.1) is 23.3 Å². The zero-order valence-corrected chi connectivity index (χ0v) is 21.2. The second kappa shape index (κ2) is 10.8. The summed E-state index contributed by atoms with van der Waals surface area (Å²) >= 11 is 5.57. The standard InChI is InChI=1S/C24H21ClF4N4O4S/c1-38(36,37)32-17-5-3-2-4-13(17)14-6-7-19(21(29)20(14)28)33-9-8-18(23(33)34)30-24(35)31-22-15(26)10-12(25)11-16(22)27/h2-7,10-11,18,24,30-32,35H,8-9H2,1H3/t18-,24?/m1/s1. The highest BCUT2D eigenvalue weighted by atomic mass is 35.5. The third kappa shape index (κ3) is 5.85. The van der Waals surface area contributed by atoms with E-state index in [1.807, 2.05) is 0 Å². The first-order chi connectivity index (χ1) is 17.9. The molecule has 0 spiro atoms. The highest BCUT2D eigenvalue weighted by Crippen LogP contribution is 2.36. The average Bonchev–Trinajstić information content (AvgIpc) is 3.17. The van der Waals surface area contributed by atoms with Crippen molar-refractivity contribution in [3.8, 4) is 11.1 Å². The van der Waals surface area contributed by atoms with Crippen molar-refractivity contribution in [2.75, 3.05) is 27.7 Å². The number of aliphatic hydroxyl groups is 1. The van der Waals surface area contributed by atoms with Crippen molar-refractivity contribution in [3.05, 3.63) is 76.8 Å². The lowest BCUT2D eigenvalue weighted by atomic mass is 10.0. The quantitative estimate of drug-likeness (QED) is 0.240. The Bertz CT molecular complexity index is 1490. The Morgan fingerprint density at radius 2 is 1.68 bits per heavy atom. The molecule has 1 saturated heterocycles. The van der Waals surface area contributed by atoms with Gasteiger partial charge in [-0.3, -0.25) is 14.8 Å². The number of nitrogens with zero attached hydrogens (tertiary/aromatic N) is 1. The molecule has 38 heavy (non-hydrogen) atoms. The molecule has 1 aliphatic heterocycles. The number of sulfonamides is 1. The lowest BCUT2D eigenvalue weighted by molar-refractivity contribution is -0.119. The minimum absolute atomic E-state index is 0.0395. The van der Waals surface area contributed by atoms with E-state index in [1.165, 1.54) is 36.4 Å². The number of hydrogen-bond donors (Lipinski definition) is 4. The molecule has 1 amide bonds. The van der Waals surface area contributed by atoms with E-state index < -0.39 is 57.3 Å². The van der Waals surface area contributed by atoms with Crippen molar-refractivity contribution >= 4 is 44.6 Å². The number of anilines is 3. The molecule has 8 nitrogen and oxygen atoms in total. The molecule has 4 rings (SSSR count). The minimum atomic E-state index is -3.70. The number of aliphatic hydroxyl groups excluding tert-OH is 1. The van der Waals surface area contributed by atoms with Crippen molar-refractivity contribution in [2.45, 2.75) is 18.8 Å². The lowest BCUT2D eigenvalue weighted by Gasteiger charge is -2.22. The number of halogens is 5. The van der Waals surface area contributed by atoms with Gasteiger partial charge in [0.15, 0.2) is 29.6 Å². The van der Waals surface area contributed by atoms with Crippen LogP contribution in [-0.4, -0.2) is 44.6 Å². The summed E-state index contributed by atoms with van der Waals surface area (Å²) in [6.07, 6.45) is -0.785. The van der Waals surface area contributed by atoms with Gasteiger partial charge in [-0.25, -0.2) is 26.0 Å². The van der Waals surface area contributed by atoms with Gasteiger partial charge in [0, 0.05) is 22.7 Å². The predicted molar refractivity (Wildman–Crippen MR) is 135 cm³/mol. The molecular weight excluding hydrogens is 552 g/mol. The molecule has 3 aromatic rings. The van der Waals surface area contributed by atoms with Crippen molar-refractivity contribution in [3.63, 3.8) is 0 Å². The lowest BCUT2D eigenvalue weighted by Crippen LogP contribution is -2.47. The van der Waals surface area contributed by atoms with Gasteiger partial charge in [-0.2, -0.15) is 0 Å². The van der Waals surface area contributed by atoms with Gasteiger partial charge in [0.25, 0.3) is 0 Å². The topological polar surface area (TPSA) is 111 Å². The molecule has 0 aliphatic carbocycles. The minimum Gasteiger partial charge on any atom is -0.361 e. The maximum absolute atomic E-state index is 15.2. The molecule has 202 valence electrons. The molecule has 1 fully saturated rings. The second-order valence-electron chi connectivity index (χ2n) is 8.47. The van der Waals surface area contributed by atoms with Crippen LogP contribution in [0.5, 0.6) is 0 Å². The van der Waals surface area contributed by atoms with E-state index in [0.29, 0.717) is 0 Å². The number of carbonyl (C=O) groups excluding carboxylic acids is 1. The van der Waals surface area contributed by atoms with Gasteiger partial charge < -0.3 is 15.3 Å². The molecular formula is C24H21ClF4N4O4S. The molecule has 1 unspecified atom stereocenters. The first kappa shape index (κ1) is 27.6. The van der Waals surface area contributed by atoms with E-state index in [4.69, 9.17) is 11.6 Å². The highest BCUT2D eigenvalue weighted by Gasteiger charge is 2.36. The summed E-state index contributed by atoms with van der Waals surface area (Å²) in [5.74, 6) is -5.49. The summed E-state index contributed by atoms with van der Waals surface area (Å²) in [4.78, 5) is 13.9. The largest absolute Gasteiger partial charge is 0.361 e. The molecule has 0 saturated carbocycles. The van der Waals surface area contributed by atoms with Crippen molar-refractivity contribution in [2.24, 2.45) is 0 Å². The van der Waals surface area contributed by atoms with Crippen LogP contribution < -0.4 is 20.3 Å². The molecule has 4 N–H and O–H groups in total. The Kier molecular flexibility index (Phi) is 7.83. The van der Waals surface area contributed by atoms with Crippen LogP contribution >= 0.6 is 11.6 Å². The Balaban J connectivity index is 1.52. The van der Waals surface area contributed by atoms with Crippen LogP contribution in [0.4, 0.5) is 34.6 Å². The Morgan fingerprint density at radius 3 is 2.34 bits per heavy atom. The molecule has 2 atom stereocenters. The van der Waals surface area contributed by atoms with E-state index in [-0.39, 0.29) is 40.5 Å². The SMILES string of the molecule is CS(=O)(=O)Nc1ccccc1-c1ccc(N2CC[C@@H](NC(O)Nc3c(F)cc(Cl)cc3F)C2=O)c(F)c1F. The fourth-order valence-electron chi connectivity index (χ4n) is 4.09. The van der Waals surface area contributed by atoms with Gasteiger partial charge in [0.2, 0.25) is 15.9 Å². The Morgan fingerprint density at radius 1 is 1.03 bits per heavy atom. The average molecular weight is 573 g/mol. The van der Waals surface area contributed by atoms with E-state index in [0.717, 1.165) is 23.3 Å². The molecule has 1 heterocycles. The fraction of sp³-hybridized carbons (Fsp3) is 0.208. The zero-order valence-electron chi connectivity index (χ0n) is 19.6. The van der Waals surface area contributed by atoms with E-state index in [2.05, 4.69) is 15.4 Å². The summed E-state index contributed by atoms with van der Waals surface area (Å²) in [7, 11) is -3.70. The van der Waals surface area contributed by atoms with Crippen LogP contribution in [0.2, 0.25) is 5.02 Å². The number of carbonyl (C=O) groups is 1. The zero-order chi connectivity index (χ0) is 27.8. The van der Waals surface area contributed by atoms with E-state index in [9.17, 15) is 27.1 Å². The third-order valence-electron chi connectivity index (χ3n) is 5.72. The van der Waals surface area contributed by atoms with Crippen LogP contribution in [0.1, 0.15) is 6.42 Å². The molecule has 0 bridgehead atoms. The monoisotopic (exact) mass is 572 g/mol. The molecule has 14 heteroatoms. The summed E-state index contributed by atoms with van der Waals surface area (Å²) in [5.41, 5.74) is -1.15. The van der Waals surface area contributed by atoms with Gasteiger partial charge >= 0.3 is 0 Å². The van der Waals surface area contributed by atoms with E-state index >= 15 is 8.78 Å². The first-order valence-electron chi connectivity index (χ1n) is 11.1. The van der Waals surface area contributed by atoms with Crippen LogP contribution in [0.25, 0.3) is 11.1 Å². The number of hydrogen-bond acceptors (Lipinski definition) is 6. The van der Waals surface area contributed by atoms with Crippen LogP contribution in [-0.2, 0) is 14.8 Å². The molecule has 3 aromatic carbocycles. The van der Waals surface area contributed by atoms with E-state index in [1.54, 1.807) is 0 Å². The van der Waals surface area contributed by atoms with Gasteiger partial charge in [-0.05, 0) is 36.8 Å². The maximum atomic E-state index is 15.2.